The third kappa shape index (κ3) is 13.6. The van der Waals surface area contributed by atoms with Gasteiger partial charge in [-0.3, -0.25) is 9.59 Å². The van der Waals surface area contributed by atoms with Gasteiger partial charge in [0.25, 0.3) is 5.91 Å². The van der Waals surface area contributed by atoms with Gasteiger partial charge in [0.2, 0.25) is 6.41 Å². The van der Waals surface area contributed by atoms with Crippen molar-refractivity contribution in [1.82, 2.24) is 0 Å². The Morgan fingerprint density at radius 2 is 1.52 bits per heavy atom. The first-order valence-corrected chi connectivity index (χ1v) is 14.8. The Hall–Kier alpha value is -3.89. The van der Waals surface area contributed by atoms with E-state index in [0.29, 0.717) is 28.2 Å². The maximum Gasteiger partial charge on any atom is 0.262 e. The lowest BCUT2D eigenvalue weighted by molar-refractivity contribution is -0.118. The van der Waals surface area contributed by atoms with Crippen LogP contribution in [0.3, 0.4) is 0 Å². The summed E-state index contributed by atoms with van der Waals surface area (Å²) in [4.78, 5) is 21.1. The molecule has 0 aliphatic heterocycles. The van der Waals surface area contributed by atoms with Crippen LogP contribution in [0.5, 0.6) is 17.2 Å². The van der Waals surface area contributed by atoms with Crippen LogP contribution in [-0.4, -0.2) is 49.2 Å². The predicted octanol–water partition coefficient (Wildman–Crippen LogP) is 6.16. The molecule has 3 rings (SSSR count). The molecule has 3 aromatic rings. The average Bonchev–Trinajstić information content (AvgIpc) is 2.99. The molecule has 42 heavy (non-hydrogen) atoms. The number of aliphatic hydroxyl groups excluding tert-OH is 1. The molecule has 0 fully saturated rings. The van der Waals surface area contributed by atoms with Crippen LogP contribution in [0.4, 0.5) is 17.1 Å². The number of rotatable bonds is 11. The van der Waals surface area contributed by atoms with Gasteiger partial charge < -0.3 is 36.7 Å². The number of carbonyl (C=O) groups is 2. The molecule has 1 atom stereocenters. The van der Waals surface area contributed by atoms with Gasteiger partial charge in [-0.25, -0.2) is 0 Å². The molecule has 7 N–H and O–H groups in total. The van der Waals surface area contributed by atoms with Crippen molar-refractivity contribution in [2.45, 2.75) is 53.2 Å². The number of nitrogens with two attached hydrogens (primary N) is 2. The van der Waals surface area contributed by atoms with Gasteiger partial charge in [-0.05, 0) is 79.1 Å². The lowest BCUT2D eigenvalue weighted by Crippen LogP contribution is -2.20. The quantitative estimate of drug-likeness (QED) is 0.130. The number of primary amides is 1. The molecular weight excluding hydrogens is 552 g/mol. The van der Waals surface area contributed by atoms with Crippen molar-refractivity contribution >= 4 is 41.1 Å². The largest absolute Gasteiger partial charge is 0.484 e. The monoisotopic (exact) mass is 600 g/mol. The molecule has 0 aliphatic rings. The number of aliphatic hydroxyl groups is 1. The minimum Gasteiger partial charge on any atom is -0.484 e. The first kappa shape index (κ1) is 38.1. The molecule has 10 heteroatoms. The van der Waals surface area contributed by atoms with Gasteiger partial charge in [-0.1, -0.05) is 39.8 Å². The Bertz CT molecular complexity index is 1180. The highest BCUT2D eigenvalue weighted by Gasteiger charge is 2.11. The van der Waals surface area contributed by atoms with E-state index < -0.39 is 0 Å². The number of aryl methyl sites for hydroxylation is 2. The standard InChI is InChI=1S/C28H35N3O3S.C2H6.CH3NO.CH4O/c1-6-35-20(4)15-21-7-9-22(10-8-21)33-17-27(32)31-25-12-11-23(16-26(25)30-5)34-24-13-18(2)28(29)19(3)14-24;1-2;2-1-3;1-2/h7-14,16,20,30H,6,15,17,29H2,1-5H3,(H,31,32);1-2H3;1H,(H2,2,3);2H,1H3. The fourth-order valence-corrected chi connectivity index (χ4v) is 4.64. The van der Waals surface area contributed by atoms with E-state index in [0.717, 1.165) is 41.8 Å². The maximum atomic E-state index is 12.5. The summed E-state index contributed by atoms with van der Waals surface area (Å²) in [5.41, 5.74) is 15.6. The fraction of sp³-hybridized carbons (Fsp3) is 0.375. The Kier molecular flexibility index (Phi) is 19.8. The first-order valence-electron chi connectivity index (χ1n) is 13.8. The highest BCUT2D eigenvalue weighted by Crippen LogP contribution is 2.32. The molecule has 0 spiro atoms. The molecule has 0 saturated heterocycles. The average molecular weight is 601 g/mol. The number of amides is 2. The number of anilines is 3. The van der Waals surface area contributed by atoms with Crippen LogP contribution in [0.2, 0.25) is 0 Å². The molecular formula is C32H48N4O5S. The smallest absolute Gasteiger partial charge is 0.262 e. The van der Waals surface area contributed by atoms with E-state index in [1.54, 1.807) is 13.1 Å². The molecule has 0 aliphatic carbocycles. The minimum atomic E-state index is -0.239. The zero-order valence-electron chi connectivity index (χ0n) is 26.1. The van der Waals surface area contributed by atoms with Crippen molar-refractivity contribution in [3.63, 3.8) is 0 Å². The molecule has 9 nitrogen and oxygen atoms in total. The van der Waals surface area contributed by atoms with Crippen molar-refractivity contribution < 1.29 is 24.2 Å². The second-order valence-corrected chi connectivity index (χ2v) is 10.3. The van der Waals surface area contributed by atoms with Gasteiger partial charge in [0.1, 0.15) is 17.2 Å². The molecule has 0 saturated carbocycles. The van der Waals surface area contributed by atoms with E-state index in [9.17, 15) is 4.79 Å². The van der Waals surface area contributed by atoms with Gasteiger partial charge in [-0.15, -0.1) is 0 Å². The summed E-state index contributed by atoms with van der Waals surface area (Å²) in [5, 5.41) is 13.6. The SMILES string of the molecule is CC.CCSC(C)Cc1ccc(OCC(=O)Nc2ccc(Oc3cc(C)c(N)c(C)c3)cc2NC)cc1.CO.NC=O. The summed E-state index contributed by atoms with van der Waals surface area (Å²) >= 11 is 1.95. The van der Waals surface area contributed by atoms with Crippen molar-refractivity contribution in [3.05, 3.63) is 71.3 Å². The second-order valence-electron chi connectivity index (χ2n) is 8.62. The number of nitrogens with one attached hydrogen (secondary N) is 2. The Morgan fingerprint density at radius 3 is 2.05 bits per heavy atom. The van der Waals surface area contributed by atoms with Gasteiger partial charge in [0.05, 0.1) is 11.4 Å². The molecule has 3 aromatic carbocycles. The van der Waals surface area contributed by atoms with Crippen molar-refractivity contribution in [2.75, 3.05) is 42.9 Å². The van der Waals surface area contributed by atoms with E-state index in [4.69, 9.17) is 25.1 Å². The zero-order chi connectivity index (χ0) is 32.1. The summed E-state index contributed by atoms with van der Waals surface area (Å²) < 4.78 is 11.7. The van der Waals surface area contributed by atoms with Gasteiger partial charge in [-0.2, -0.15) is 11.8 Å². The minimum absolute atomic E-state index is 0.0766. The summed E-state index contributed by atoms with van der Waals surface area (Å²) in [6.45, 7) is 12.2. The summed E-state index contributed by atoms with van der Waals surface area (Å²) in [6, 6.07) is 17.2. The number of benzene rings is 3. The number of carbonyl (C=O) groups excluding carboxylic acids is 2. The second kappa shape index (κ2) is 21.8. The van der Waals surface area contributed by atoms with Crippen LogP contribution in [0, 0.1) is 13.8 Å². The maximum absolute atomic E-state index is 12.5. The van der Waals surface area contributed by atoms with E-state index in [1.165, 1.54) is 5.56 Å². The summed E-state index contributed by atoms with van der Waals surface area (Å²) in [6.07, 6.45) is 1.27. The molecule has 0 heterocycles. The first-order chi connectivity index (χ1) is 20.2. The Labute approximate surface area is 255 Å². The van der Waals surface area contributed by atoms with E-state index >= 15 is 0 Å². The predicted molar refractivity (Wildman–Crippen MR) is 178 cm³/mol. The lowest BCUT2D eigenvalue weighted by atomic mass is 10.1. The molecule has 232 valence electrons. The number of hydrogen-bond acceptors (Lipinski definition) is 8. The van der Waals surface area contributed by atoms with Crippen LogP contribution < -0.4 is 31.6 Å². The van der Waals surface area contributed by atoms with Crippen LogP contribution in [0.1, 0.15) is 44.4 Å². The fourth-order valence-electron chi connectivity index (χ4n) is 3.76. The van der Waals surface area contributed by atoms with Crippen LogP contribution >= 0.6 is 11.8 Å². The van der Waals surface area contributed by atoms with Crippen LogP contribution in [-0.2, 0) is 16.0 Å². The molecule has 0 bridgehead atoms. The van der Waals surface area contributed by atoms with Crippen LogP contribution in [0.15, 0.2) is 54.6 Å². The van der Waals surface area contributed by atoms with E-state index in [2.05, 4.69) is 42.3 Å². The molecule has 1 unspecified atom stereocenters. The number of nitrogen functional groups attached to an aromatic ring is 1. The third-order valence-corrected chi connectivity index (χ3v) is 6.67. The summed E-state index contributed by atoms with van der Waals surface area (Å²) in [5.74, 6) is 2.91. The number of thioether (sulfide) groups is 1. The Morgan fingerprint density at radius 1 is 0.976 bits per heavy atom. The van der Waals surface area contributed by atoms with E-state index in [-0.39, 0.29) is 18.9 Å². The lowest BCUT2D eigenvalue weighted by Gasteiger charge is -2.15. The van der Waals surface area contributed by atoms with Gasteiger partial charge in [0, 0.05) is 31.2 Å². The Balaban J connectivity index is 0.00000221. The summed E-state index contributed by atoms with van der Waals surface area (Å²) in [7, 11) is 2.80. The number of hydrogen-bond donors (Lipinski definition) is 5. The number of ether oxygens (including phenoxy) is 2. The third-order valence-electron chi connectivity index (χ3n) is 5.60. The van der Waals surface area contributed by atoms with E-state index in [1.807, 2.05) is 75.9 Å². The van der Waals surface area contributed by atoms with Crippen LogP contribution in [0.25, 0.3) is 0 Å². The van der Waals surface area contributed by atoms with Gasteiger partial charge >= 0.3 is 0 Å². The normalized spacial score (nSPS) is 10.2. The zero-order valence-corrected chi connectivity index (χ0v) is 26.9. The molecule has 2 amide bonds. The topological polar surface area (TPSA) is 149 Å². The van der Waals surface area contributed by atoms with Gasteiger partial charge in [0.15, 0.2) is 6.61 Å². The van der Waals surface area contributed by atoms with Crippen molar-refractivity contribution in [1.29, 1.82) is 0 Å². The molecule has 0 radical (unpaired) electrons. The van der Waals surface area contributed by atoms with Crippen molar-refractivity contribution in [2.24, 2.45) is 5.73 Å². The molecule has 0 aromatic heterocycles. The highest BCUT2D eigenvalue weighted by atomic mass is 32.2. The highest BCUT2D eigenvalue weighted by molar-refractivity contribution is 7.99. The van der Waals surface area contributed by atoms with Crippen molar-refractivity contribution in [3.8, 4) is 17.2 Å².